The Balaban J connectivity index is 1.70. The third kappa shape index (κ3) is 2.66. The molecule has 20 heavy (non-hydrogen) atoms. The molecule has 1 aromatic carbocycles. The first-order valence-electron chi connectivity index (χ1n) is 7.64. The van der Waals surface area contributed by atoms with Gasteiger partial charge in [-0.05, 0) is 50.9 Å². The molecule has 3 fully saturated rings. The molecule has 108 valence electrons. The van der Waals surface area contributed by atoms with Crippen molar-refractivity contribution in [1.29, 1.82) is 0 Å². The van der Waals surface area contributed by atoms with E-state index in [2.05, 4.69) is 15.5 Å². The normalized spacial score (nSPS) is 28.1. The van der Waals surface area contributed by atoms with Crippen molar-refractivity contribution in [2.24, 2.45) is 5.92 Å². The van der Waals surface area contributed by atoms with Gasteiger partial charge in [-0.15, -0.1) is 0 Å². The fraction of sp³-hybridized carbons (Fsp3) is 0.562. The first kappa shape index (κ1) is 13.4. The van der Waals surface area contributed by atoms with Crippen LogP contribution < -0.4 is 10.6 Å². The lowest BCUT2D eigenvalue weighted by Gasteiger charge is -2.45. The number of carbonyl (C=O) groups excluding carboxylic acids is 1. The fourth-order valence-electron chi connectivity index (χ4n) is 3.40. The maximum atomic E-state index is 12.5. The van der Waals surface area contributed by atoms with Crippen LogP contribution in [0.5, 0.6) is 0 Å². The Bertz CT molecular complexity index is 480. The molecule has 0 saturated carbocycles. The summed E-state index contributed by atoms with van der Waals surface area (Å²) in [7, 11) is 0. The second-order valence-electron chi connectivity index (χ2n) is 5.79. The van der Waals surface area contributed by atoms with E-state index in [0.717, 1.165) is 24.3 Å². The highest BCUT2D eigenvalue weighted by atomic mass is 16.1. The largest absolute Gasteiger partial charge is 0.385 e. The average Bonchev–Trinajstić information content (AvgIpc) is 2.49. The highest BCUT2D eigenvalue weighted by molar-refractivity contribution is 5.99. The lowest BCUT2D eigenvalue weighted by molar-refractivity contribution is 0.0621. The lowest BCUT2D eigenvalue weighted by Crippen LogP contribution is -2.57. The van der Waals surface area contributed by atoms with Crippen LogP contribution in [0.25, 0.3) is 0 Å². The second kappa shape index (κ2) is 5.83. The summed E-state index contributed by atoms with van der Waals surface area (Å²) in [6.45, 7) is 6.28. The van der Waals surface area contributed by atoms with Crippen LogP contribution in [0.3, 0.4) is 0 Å². The van der Waals surface area contributed by atoms with E-state index >= 15 is 0 Å². The summed E-state index contributed by atoms with van der Waals surface area (Å²) >= 11 is 0. The molecular formula is C16H23N3O. The van der Waals surface area contributed by atoms with E-state index in [0.29, 0.717) is 12.0 Å². The molecule has 1 unspecified atom stereocenters. The molecule has 0 aliphatic carbocycles. The molecule has 4 heteroatoms. The quantitative estimate of drug-likeness (QED) is 0.881. The van der Waals surface area contributed by atoms with Crippen molar-refractivity contribution in [3.63, 3.8) is 0 Å². The minimum Gasteiger partial charge on any atom is -0.385 e. The summed E-state index contributed by atoms with van der Waals surface area (Å²) < 4.78 is 0. The van der Waals surface area contributed by atoms with E-state index in [1.165, 1.54) is 25.9 Å². The van der Waals surface area contributed by atoms with Gasteiger partial charge in [0.1, 0.15) is 0 Å². The molecule has 3 saturated heterocycles. The Morgan fingerprint density at radius 2 is 2.05 bits per heavy atom. The van der Waals surface area contributed by atoms with Gasteiger partial charge in [0, 0.05) is 24.8 Å². The summed E-state index contributed by atoms with van der Waals surface area (Å²) in [4.78, 5) is 15.0. The fourth-order valence-corrected chi connectivity index (χ4v) is 3.40. The predicted molar refractivity (Wildman–Crippen MR) is 81.0 cm³/mol. The van der Waals surface area contributed by atoms with Crippen LogP contribution in [0, 0.1) is 5.92 Å². The number of para-hydroxylation sites is 1. The Hall–Kier alpha value is -1.55. The standard InChI is InChI=1S/C16H23N3O/c1-2-17-14-6-4-3-5-13(14)16(20)18-15-11-19-9-7-12(15)8-10-19/h3-6,12,15,17H,2,7-11H2,1H3,(H,18,20). The minimum absolute atomic E-state index is 0.0558. The molecule has 4 nitrogen and oxygen atoms in total. The number of benzene rings is 1. The first-order chi connectivity index (χ1) is 9.78. The SMILES string of the molecule is CCNc1ccccc1C(=O)NC1CN2CCC1CC2. The zero-order valence-corrected chi connectivity index (χ0v) is 12.1. The number of hydrogen-bond donors (Lipinski definition) is 2. The van der Waals surface area contributed by atoms with Crippen molar-refractivity contribution in [2.75, 3.05) is 31.5 Å². The van der Waals surface area contributed by atoms with Crippen molar-refractivity contribution in [2.45, 2.75) is 25.8 Å². The molecule has 3 aliphatic heterocycles. The summed E-state index contributed by atoms with van der Waals surface area (Å²) in [6, 6.07) is 8.07. The second-order valence-corrected chi connectivity index (χ2v) is 5.79. The van der Waals surface area contributed by atoms with Crippen molar-refractivity contribution < 1.29 is 4.79 Å². The average molecular weight is 273 g/mol. The van der Waals surface area contributed by atoms with Crippen LogP contribution in [0.15, 0.2) is 24.3 Å². The van der Waals surface area contributed by atoms with Crippen LogP contribution in [-0.2, 0) is 0 Å². The van der Waals surface area contributed by atoms with Crippen LogP contribution >= 0.6 is 0 Å². The van der Waals surface area contributed by atoms with Crippen molar-refractivity contribution in [3.05, 3.63) is 29.8 Å². The van der Waals surface area contributed by atoms with Gasteiger partial charge in [-0.3, -0.25) is 4.79 Å². The van der Waals surface area contributed by atoms with Crippen molar-refractivity contribution >= 4 is 11.6 Å². The molecular weight excluding hydrogens is 250 g/mol. The van der Waals surface area contributed by atoms with E-state index in [-0.39, 0.29) is 5.91 Å². The Morgan fingerprint density at radius 1 is 1.30 bits per heavy atom. The van der Waals surface area contributed by atoms with Crippen LogP contribution in [0.2, 0.25) is 0 Å². The van der Waals surface area contributed by atoms with E-state index < -0.39 is 0 Å². The maximum absolute atomic E-state index is 12.5. The van der Waals surface area contributed by atoms with E-state index in [4.69, 9.17) is 0 Å². The van der Waals surface area contributed by atoms with Gasteiger partial charge in [0.15, 0.2) is 0 Å². The number of anilines is 1. The highest BCUT2D eigenvalue weighted by Crippen LogP contribution is 2.28. The number of piperidine rings is 3. The van der Waals surface area contributed by atoms with Gasteiger partial charge in [-0.2, -0.15) is 0 Å². The highest BCUT2D eigenvalue weighted by Gasteiger charge is 2.35. The summed E-state index contributed by atoms with van der Waals surface area (Å²) in [5.41, 5.74) is 1.68. The number of nitrogens with one attached hydrogen (secondary N) is 2. The smallest absolute Gasteiger partial charge is 0.253 e. The Kier molecular flexibility index (Phi) is 3.92. The van der Waals surface area contributed by atoms with Gasteiger partial charge in [0.25, 0.3) is 5.91 Å². The molecule has 0 radical (unpaired) electrons. The molecule has 1 amide bonds. The molecule has 0 aromatic heterocycles. The third-order valence-electron chi connectivity index (χ3n) is 4.51. The number of nitrogens with zero attached hydrogens (tertiary/aromatic N) is 1. The molecule has 2 bridgehead atoms. The van der Waals surface area contributed by atoms with Crippen LogP contribution in [0.1, 0.15) is 30.1 Å². The van der Waals surface area contributed by atoms with Gasteiger partial charge >= 0.3 is 0 Å². The number of hydrogen-bond acceptors (Lipinski definition) is 3. The Labute approximate surface area is 120 Å². The van der Waals surface area contributed by atoms with E-state index in [1.807, 2.05) is 31.2 Å². The topological polar surface area (TPSA) is 44.4 Å². The van der Waals surface area contributed by atoms with Gasteiger partial charge in [-0.1, -0.05) is 12.1 Å². The number of carbonyl (C=O) groups is 1. The number of amides is 1. The molecule has 1 aromatic rings. The molecule has 4 rings (SSSR count). The maximum Gasteiger partial charge on any atom is 0.253 e. The van der Waals surface area contributed by atoms with Crippen molar-refractivity contribution in [3.8, 4) is 0 Å². The zero-order valence-electron chi connectivity index (χ0n) is 12.1. The summed E-state index contributed by atoms with van der Waals surface area (Å²) in [5, 5.41) is 6.50. The van der Waals surface area contributed by atoms with Gasteiger partial charge in [-0.25, -0.2) is 0 Å². The lowest BCUT2D eigenvalue weighted by atomic mass is 9.84. The monoisotopic (exact) mass is 273 g/mol. The summed E-state index contributed by atoms with van der Waals surface area (Å²) in [6.07, 6.45) is 2.44. The first-order valence-corrected chi connectivity index (χ1v) is 7.64. The molecule has 3 aliphatic rings. The zero-order chi connectivity index (χ0) is 13.9. The van der Waals surface area contributed by atoms with E-state index in [1.54, 1.807) is 0 Å². The molecule has 3 heterocycles. The van der Waals surface area contributed by atoms with Gasteiger partial charge in [0.2, 0.25) is 0 Å². The molecule has 1 atom stereocenters. The summed E-state index contributed by atoms with van der Waals surface area (Å²) in [5.74, 6) is 0.718. The van der Waals surface area contributed by atoms with Crippen LogP contribution in [0.4, 0.5) is 5.69 Å². The third-order valence-corrected chi connectivity index (χ3v) is 4.51. The van der Waals surface area contributed by atoms with Crippen molar-refractivity contribution in [1.82, 2.24) is 10.2 Å². The predicted octanol–water partition coefficient (Wildman–Crippen LogP) is 1.94. The van der Waals surface area contributed by atoms with E-state index in [9.17, 15) is 4.79 Å². The van der Waals surface area contributed by atoms with Gasteiger partial charge in [0.05, 0.1) is 5.56 Å². The number of fused-ring (bicyclic) bond motifs is 3. The van der Waals surface area contributed by atoms with Crippen LogP contribution in [-0.4, -0.2) is 43.0 Å². The van der Waals surface area contributed by atoms with Gasteiger partial charge < -0.3 is 15.5 Å². The molecule has 2 N–H and O–H groups in total. The minimum atomic E-state index is 0.0558. The Morgan fingerprint density at radius 3 is 2.70 bits per heavy atom. The molecule has 0 spiro atoms. The number of rotatable bonds is 4.